The van der Waals surface area contributed by atoms with Crippen LogP contribution in [0.5, 0.6) is 0 Å². The van der Waals surface area contributed by atoms with Crippen molar-refractivity contribution in [3.05, 3.63) is 48.0 Å². The summed E-state index contributed by atoms with van der Waals surface area (Å²) in [5.41, 5.74) is 2.48. The van der Waals surface area contributed by atoms with Crippen LogP contribution in [0.15, 0.2) is 52.3 Å². The highest BCUT2D eigenvalue weighted by molar-refractivity contribution is 7.99. The topological polar surface area (TPSA) is 23.6 Å². The standard InChI is InChI=1S/C20H24N2OS.ClH/c1-4-18(23)15-10-11-20-17(14-15)22(13-7-12-21(2)3)16-8-5-6-9-19(16)24-20;/h5-6,8-11,14H,4,7,12-13H2,1-3H3;1H/i2D3,3D3;. The maximum absolute atomic E-state index is 12.2. The Labute approximate surface area is 169 Å². The lowest BCUT2D eigenvalue weighted by molar-refractivity contribution is 0.0988. The second-order valence-corrected chi connectivity index (χ2v) is 6.77. The number of Topliss-reactive ketones (excluding diaryl/α,β-unsaturated/α-hetero) is 1. The molecule has 0 aromatic heterocycles. The molecule has 0 saturated carbocycles. The first kappa shape index (κ1) is 12.8. The van der Waals surface area contributed by atoms with Gasteiger partial charge in [0.15, 0.2) is 5.78 Å². The van der Waals surface area contributed by atoms with E-state index in [1.807, 2.05) is 54.3 Å². The van der Waals surface area contributed by atoms with E-state index in [1.54, 1.807) is 11.8 Å². The number of carbonyl (C=O) groups is 1. The van der Waals surface area contributed by atoms with E-state index in [4.69, 9.17) is 8.22 Å². The molecule has 0 saturated heterocycles. The van der Waals surface area contributed by atoms with Crippen molar-refractivity contribution in [2.75, 3.05) is 31.9 Å². The summed E-state index contributed by atoms with van der Waals surface area (Å²) in [7, 11) is 0. The van der Waals surface area contributed by atoms with Gasteiger partial charge in [-0.3, -0.25) is 4.79 Å². The number of anilines is 2. The van der Waals surface area contributed by atoms with E-state index in [2.05, 4.69) is 0 Å². The van der Waals surface area contributed by atoms with Crippen molar-refractivity contribution in [3.8, 4) is 0 Å². The molecule has 1 aliphatic rings. The fourth-order valence-electron chi connectivity index (χ4n) is 2.83. The number of carbonyl (C=O) groups excluding carboxylic acids is 1. The number of para-hydroxylation sites is 1. The average molecular weight is 383 g/mol. The summed E-state index contributed by atoms with van der Waals surface area (Å²) in [4.78, 5) is 16.9. The van der Waals surface area contributed by atoms with Gasteiger partial charge < -0.3 is 9.80 Å². The van der Waals surface area contributed by atoms with Crippen LogP contribution in [-0.2, 0) is 0 Å². The van der Waals surface area contributed by atoms with Crippen LogP contribution < -0.4 is 4.90 Å². The monoisotopic (exact) mass is 382 g/mol. The Hall–Kier alpha value is -1.49. The molecule has 2 aromatic rings. The molecule has 0 atom stereocenters. The summed E-state index contributed by atoms with van der Waals surface area (Å²) in [5.74, 6) is 0.0533. The molecule has 0 bridgehead atoms. The summed E-state index contributed by atoms with van der Waals surface area (Å²) in [6, 6.07) is 13.5. The predicted octanol–water partition coefficient (Wildman–Crippen LogP) is 5.26. The number of benzene rings is 2. The Morgan fingerprint density at radius 1 is 1.16 bits per heavy atom. The third-order valence-electron chi connectivity index (χ3n) is 4.03. The van der Waals surface area contributed by atoms with Crippen LogP contribution in [0.2, 0.25) is 0 Å². The summed E-state index contributed by atoms with van der Waals surface area (Å²) >= 11 is 1.62. The molecule has 0 N–H and O–H groups in total. The molecule has 0 radical (unpaired) electrons. The van der Waals surface area contributed by atoms with Gasteiger partial charge in [0.25, 0.3) is 0 Å². The molecule has 25 heavy (non-hydrogen) atoms. The molecule has 3 nitrogen and oxygen atoms in total. The van der Waals surface area contributed by atoms with Gasteiger partial charge in [-0.2, -0.15) is 0 Å². The second-order valence-electron chi connectivity index (χ2n) is 5.69. The van der Waals surface area contributed by atoms with E-state index in [-0.39, 0.29) is 24.7 Å². The van der Waals surface area contributed by atoms with Crippen molar-refractivity contribution in [3.63, 3.8) is 0 Å². The summed E-state index contributed by atoms with van der Waals surface area (Å²) < 4.78 is 45.3. The second kappa shape index (κ2) is 8.75. The minimum atomic E-state index is -2.69. The average Bonchev–Trinajstić information content (AvgIpc) is 2.67. The van der Waals surface area contributed by atoms with E-state index in [9.17, 15) is 4.79 Å². The number of hydrogen-bond acceptors (Lipinski definition) is 4. The van der Waals surface area contributed by atoms with Gasteiger partial charge in [-0.1, -0.05) is 36.9 Å². The fourth-order valence-corrected chi connectivity index (χ4v) is 3.91. The van der Waals surface area contributed by atoms with E-state index in [0.29, 0.717) is 29.8 Å². The highest BCUT2D eigenvalue weighted by Gasteiger charge is 2.23. The van der Waals surface area contributed by atoms with Crippen molar-refractivity contribution < 1.29 is 13.0 Å². The van der Waals surface area contributed by atoms with Gasteiger partial charge in [-0.25, -0.2) is 0 Å². The molecule has 1 heterocycles. The minimum Gasteiger partial charge on any atom is -0.340 e. The van der Waals surface area contributed by atoms with Crippen molar-refractivity contribution >= 4 is 41.3 Å². The lowest BCUT2D eigenvalue weighted by atomic mass is 10.1. The maximum atomic E-state index is 12.2. The first-order valence-corrected chi connectivity index (χ1v) is 8.83. The van der Waals surface area contributed by atoms with Gasteiger partial charge in [0.1, 0.15) is 0 Å². The number of rotatable bonds is 6. The summed E-state index contributed by atoms with van der Waals surface area (Å²) in [5, 5.41) is 0. The van der Waals surface area contributed by atoms with Crippen LogP contribution >= 0.6 is 24.2 Å². The zero-order valence-corrected chi connectivity index (χ0v) is 15.6. The van der Waals surface area contributed by atoms with E-state index in [1.165, 1.54) is 0 Å². The first-order valence-electron chi connectivity index (χ1n) is 11.0. The van der Waals surface area contributed by atoms with Gasteiger partial charge in [-0.05, 0) is 51.2 Å². The van der Waals surface area contributed by atoms with Crippen LogP contribution in [0, 0.1) is 0 Å². The fraction of sp³-hybridized carbons (Fsp3) is 0.350. The smallest absolute Gasteiger partial charge is 0.162 e. The highest BCUT2D eigenvalue weighted by Crippen LogP contribution is 2.48. The van der Waals surface area contributed by atoms with Crippen LogP contribution in [0.3, 0.4) is 0 Å². The van der Waals surface area contributed by atoms with Gasteiger partial charge in [0.05, 0.1) is 11.4 Å². The Bertz CT molecular complexity index is 921. The molecular weight excluding hydrogens is 352 g/mol. The van der Waals surface area contributed by atoms with Crippen molar-refractivity contribution in [2.45, 2.75) is 29.6 Å². The van der Waals surface area contributed by atoms with Gasteiger partial charge in [-0.15, -0.1) is 12.4 Å². The SMILES string of the molecule is Cl.[2H]C([2H])([2H])N(CCCN1c2ccccc2Sc2ccc(C(=O)CC)cc21)C([2H])([2H])[2H]. The first-order chi connectivity index (χ1) is 14.0. The van der Waals surface area contributed by atoms with Crippen LogP contribution in [-0.4, -0.2) is 37.7 Å². The lowest BCUT2D eigenvalue weighted by Gasteiger charge is -2.33. The Kier molecular flexibility index (Phi) is 4.48. The van der Waals surface area contributed by atoms with Crippen molar-refractivity contribution in [1.82, 2.24) is 4.90 Å². The largest absolute Gasteiger partial charge is 0.340 e. The molecule has 1 aliphatic heterocycles. The lowest BCUT2D eigenvalue weighted by Crippen LogP contribution is -2.25. The molecule has 0 amide bonds. The predicted molar refractivity (Wildman–Crippen MR) is 109 cm³/mol. The molecule has 0 fully saturated rings. The zero-order chi connectivity index (χ0) is 22.1. The summed E-state index contributed by atoms with van der Waals surface area (Å²) in [6.07, 6.45) is 0.746. The molecular formula is C20H25ClN2OS. The molecule has 5 heteroatoms. The van der Waals surface area contributed by atoms with Crippen molar-refractivity contribution in [1.29, 1.82) is 0 Å². The third-order valence-corrected chi connectivity index (χ3v) is 5.16. The number of nitrogens with zero attached hydrogens (tertiary/aromatic N) is 2. The van der Waals surface area contributed by atoms with Gasteiger partial charge in [0.2, 0.25) is 0 Å². The quantitative estimate of drug-likeness (QED) is 0.636. The zero-order valence-electron chi connectivity index (χ0n) is 20.0. The Morgan fingerprint density at radius 3 is 2.68 bits per heavy atom. The molecule has 3 rings (SSSR count). The molecule has 0 unspecified atom stereocenters. The molecule has 0 aliphatic carbocycles. The van der Waals surface area contributed by atoms with Gasteiger partial charge in [0, 0.05) is 36.5 Å². The highest BCUT2D eigenvalue weighted by atomic mass is 35.5. The van der Waals surface area contributed by atoms with Crippen LogP contribution in [0.4, 0.5) is 11.4 Å². The Balaban J connectivity index is 0.00000341. The third kappa shape index (κ3) is 4.38. The normalized spacial score (nSPS) is 17.0. The number of hydrogen-bond donors (Lipinski definition) is 0. The van der Waals surface area contributed by atoms with Crippen LogP contribution in [0.1, 0.15) is 38.3 Å². The van der Waals surface area contributed by atoms with E-state index >= 15 is 0 Å². The number of fused-ring (bicyclic) bond motifs is 2. The van der Waals surface area contributed by atoms with E-state index in [0.717, 1.165) is 21.2 Å². The van der Waals surface area contributed by atoms with E-state index < -0.39 is 14.0 Å². The minimum absolute atomic E-state index is 0. The molecule has 2 aromatic carbocycles. The summed E-state index contributed by atoms with van der Waals surface area (Å²) in [6.45, 7) is -3.24. The number of halogens is 1. The van der Waals surface area contributed by atoms with Crippen molar-refractivity contribution in [2.24, 2.45) is 0 Å². The maximum Gasteiger partial charge on any atom is 0.162 e. The number of ketones is 1. The van der Waals surface area contributed by atoms with Crippen LogP contribution in [0.25, 0.3) is 0 Å². The Morgan fingerprint density at radius 2 is 1.92 bits per heavy atom. The molecule has 134 valence electrons. The molecule has 0 spiro atoms. The van der Waals surface area contributed by atoms with Gasteiger partial charge >= 0.3 is 0 Å².